The first-order valence-corrected chi connectivity index (χ1v) is 9.09. The van der Waals surface area contributed by atoms with Crippen molar-refractivity contribution in [2.45, 2.75) is 57.7 Å². The largest absolute Gasteiger partial charge is 0.336 e. The molecule has 1 aliphatic carbocycles. The summed E-state index contributed by atoms with van der Waals surface area (Å²) >= 11 is 0. The second-order valence-corrected chi connectivity index (χ2v) is 6.98. The summed E-state index contributed by atoms with van der Waals surface area (Å²) in [6, 6.07) is 2.24. The van der Waals surface area contributed by atoms with E-state index in [1.807, 2.05) is 24.8 Å². The summed E-state index contributed by atoms with van der Waals surface area (Å²) in [4.78, 5) is 19.0. The lowest BCUT2D eigenvalue weighted by molar-refractivity contribution is 0.216. The lowest BCUT2D eigenvalue weighted by Crippen LogP contribution is -2.39. The fourth-order valence-electron chi connectivity index (χ4n) is 3.99. The molecule has 6 heteroatoms. The summed E-state index contributed by atoms with van der Waals surface area (Å²) in [6.45, 7) is 3.78. The maximum atomic E-state index is 12.4. The maximum Gasteiger partial charge on any atom is 0.267 e. The Morgan fingerprint density at radius 1 is 1.17 bits per heavy atom. The van der Waals surface area contributed by atoms with Crippen LogP contribution in [-0.4, -0.2) is 43.4 Å². The number of rotatable bonds is 5. The first kappa shape index (κ1) is 15.6. The SMILES string of the molecule is O=c1cc2c(nn1CC1CCCN1CCn1ccnc1)CCCC2. The summed E-state index contributed by atoms with van der Waals surface area (Å²) in [6.07, 6.45) is 12.4. The van der Waals surface area contributed by atoms with Crippen LogP contribution in [0.4, 0.5) is 0 Å². The topological polar surface area (TPSA) is 56.0 Å². The quantitative estimate of drug-likeness (QED) is 0.835. The Balaban J connectivity index is 1.44. The van der Waals surface area contributed by atoms with E-state index in [0.717, 1.165) is 51.1 Å². The molecule has 1 fully saturated rings. The third kappa shape index (κ3) is 3.29. The molecule has 0 radical (unpaired) electrons. The number of aryl methyl sites for hydroxylation is 2. The molecule has 0 aromatic carbocycles. The molecule has 0 N–H and O–H groups in total. The van der Waals surface area contributed by atoms with Crippen LogP contribution in [0.25, 0.3) is 0 Å². The minimum atomic E-state index is 0.0668. The van der Waals surface area contributed by atoms with Crippen LogP contribution in [0.5, 0.6) is 0 Å². The van der Waals surface area contributed by atoms with Crippen molar-refractivity contribution in [2.75, 3.05) is 13.1 Å². The zero-order valence-electron chi connectivity index (χ0n) is 14.1. The summed E-state index contributed by atoms with van der Waals surface area (Å²) in [5, 5.41) is 4.68. The van der Waals surface area contributed by atoms with E-state index in [1.165, 1.54) is 24.8 Å². The van der Waals surface area contributed by atoms with E-state index < -0.39 is 0 Å². The highest BCUT2D eigenvalue weighted by molar-refractivity contribution is 5.20. The molecule has 0 amide bonds. The van der Waals surface area contributed by atoms with Gasteiger partial charge < -0.3 is 4.57 Å². The van der Waals surface area contributed by atoms with Gasteiger partial charge in [0, 0.05) is 37.6 Å². The van der Waals surface area contributed by atoms with Crippen molar-refractivity contribution < 1.29 is 0 Å². The van der Waals surface area contributed by atoms with E-state index >= 15 is 0 Å². The number of aromatic nitrogens is 4. The number of imidazole rings is 1. The van der Waals surface area contributed by atoms with Crippen LogP contribution < -0.4 is 5.56 Å². The fraction of sp³-hybridized carbons (Fsp3) is 0.611. The van der Waals surface area contributed by atoms with Gasteiger partial charge in [-0.15, -0.1) is 0 Å². The molecule has 1 atom stereocenters. The molecular weight excluding hydrogens is 302 g/mol. The second-order valence-electron chi connectivity index (χ2n) is 6.98. The van der Waals surface area contributed by atoms with Gasteiger partial charge in [-0.2, -0.15) is 5.10 Å². The van der Waals surface area contributed by atoms with Gasteiger partial charge in [0.1, 0.15) is 0 Å². The Labute approximate surface area is 142 Å². The third-order valence-corrected chi connectivity index (χ3v) is 5.36. The van der Waals surface area contributed by atoms with Gasteiger partial charge in [0.25, 0.3) is 5.56 Å². The van der Waals surface area contributed by atoms with Gasteiger partial charge in [0.15, 0.2) is 0 Å². The number of hydrogen-bond donors (Lipinski definition) is 0. The first-order valence-electron chi connectivity index (χ1n) is 9.09. The molecule has 1 aliphatic heterocycles. The van der Waals surface area contributed by atoms with E-state index in [0.29, 0.717) is 6.04 Å². The van der Waals surface area contributed by atoms with Gasteiger partial charge in [-0.05, 0) is 50.6 Å². The smallest absolute Gasteiger partial charge is 0.267 e. The first-order chi connectivity index (χ1) is 11.8. The lowest BCUT2D eigenvalue weighted by Gasteiger charge is -2.25. The van der Waals surface area contributed by atoms with Gasteiger partial charge >= 0.3 is 0 Å². The Morgan fingerprint density at radius 2 is 2.08 bits per heavy atom. The Kier molecular flexibility index (Phi) is 4.47. The Morgan fingerprint density at radius 3 is 2.96 bits per heavy atom. The molecule has 1 unspecified atom stereocenters. The molecule has 2 aromatic rings. The predicted octanol–water partition coefficient (Wildman–Crippen LogP) is 1.48. The standard InChI is InChI=1S/C18H25N5O/c24-18-12-15-4-1-2-6-17(15)20-23(18)13-16-5-3-8-22(16)11-10-21-9-7-19-14-21/h7,9,12,14,16H,1-6,8,10-11,13H2. The summed E-state index contributed by atoms with van der Waals surface area (Å²) in [5.74, 6) is 0. The number of hydrogen-bond acceptors (Lipinski definition) is 4. The van der Waals surface area contributed by atoms with Crippen LogP contribution in [0.1, 0.15) is 36.9 Å². The third-order valence-electron chi connectivity index (χ3n) is 5.36. The highest BCUT2D eigenvalue weighted by Gasteiger charge is 2.25. The lowest BCUT2D eigenvalue weighted by atomic mass is 9.97. The number of likely N-dealkylation sites (tertiary alicyclic amines) is 1. The molecule has 128 valence electrons. The van der Waals surface area contributed by atoms with Crippen molar-refractivity contribution in [1.29, 1.82) is 0 Å². The molecule has 0 bridgehead atoms. The van der Waals surface area contributed by atoms with Gasteiger partial charge in [-0.3, -0.25) is 9.69 Å². The second kappa shape index (κ2) is 6.89. The van der Waals surface area contributed by atoms with E-state index in [4.69, 9.17) is 0 Å². The average Bonchev–Trinajstić information content (AvgIpc) is 3.25. The van der Waals surface area contributed by atoms with Crippen LogP contribution in [0.3, 0.4) is 0 Å². The Bertz CT molecular complexity index is 736. The van der Waals surface area contributed by atoms with Crippen LogP contribution >= 0.6 is 0 Å². The van der Waals surface area contributed by atoms with E-state index in [1.54, 1.807) is 4.68 Å². The van der Waals surface area contributed by atoms with Crippen LogP contribution in [0, 0.1) is 0 Å². The molecule has 0 saturated carbocycles. The number of fused-ring (bicyclic) bond motifs is 1. The molecule has 1 saturated heterocycles. The van der Waals surface area contributed by atoms with Crippen LogP contribution in [-0.2, 0) is 25.9 Å². The maximum absolute atomic E-state index is 12.4. The number of nitrogens with zero attached hydrogens (tertiary/aromatic N) is 5. The zero-order valence-corrected chi connectivity index (χ0v) is 14.1. The Hall–Kier alpha value is -1.95. The van der Waals surface area contributed by atoms with Crippen molar-refractivity contribution in [3.8, 4) is 0 Å². The van der Waals surface area contributed by atoms with E-state index in [9.17, 15) is 4.79 Å². The highest BCUT2D eigenvalue weighted by atomic mass is 16.1. The minimum absolute atomic E-state index is 0.0668. The highest BCUT2D eigenvalue weighted by Crippen LogP contribution is 2.20. The molecule has 24 heavy (non-hydrogen) atoms. The van der Waals surface area contributed by atoms with E-state index in [2.05, 4.69) is 19.5 Å². The van der Waals surface area contributed by atoms with Crippen molar-refractivity contribution in [3.05, 3.63) is 46.4 Å². The molecule has 0 spiro atoms. The summed E-state index contributed by atoms with van der Waals surface area (Å²) in [7, 11) is 0. The fourth-order valence-corrected chi connectivity index (χ4v) is 3.99. The minimum Gasteiger partial charge on any atom is -0.336 e. The molecule has 2 aliphatic rings. The molecule has 2 aromatic heterocycles. The monoisotopic (exact) mass is 327 g/mol. The van der Waals surface area contributed by atoms with Crippen molar-refractivity contribution in [3.63, 3.8) is 0 Å². The van der Waals surface area contributed by atoms with Crippen LogP contribution in [0.15, 0.2) is 29.6 Å². The molecular formula is C18H25N5O. The van der Waals surface area contributed by atoms with Crippen molar-refractivity contribution in [2.24, 2.45) is 0 Å². The van der Waals surface area contributed by atoms with Gasteiger partial charge in [0.2, 0.25) is 0 Å². The molecule has 6 nitrogen and oxygen atoms in total. The van der Waals surface area contributed by atoms with Gasteiger partial charge in [-0.1, -0.05) is 0 Å². The van der Waals surface area contributed by atoms with Crippen molar-refractivity contribution in [1.82, 2.24) is 24.2 Å². The average molecular weight is 327 g/mol. The summed E-state index contributed by atoms with van der Waals surface area (Å²) < 4.78 is 3.82. The summed E-state index contributed by atoms with van der Waals surface area (Å²) in [5.41, 5.74) is 2.38. The van der Waals surface area contributed by atoms with Gasteiger partial charge in [0.05, 0.1) is 18.6 Å². The van der Waals surface area contributed by atoms with E-state index in [-0.39, 0.29) is 5.56 Å². The zero-order chi connectivity index (χ0) is 16.4. The molecule has 4 rings (SSSR count). The van der Waals surface area contributed by atoms with Crippen molar-refractivity contribution >= 4 is 0 Å². The normalized spacial score (nSPS) is 21.1. The van der Waals surface area contributed by atoms with Crippen LogP contribution in [0.2, 0.25) is 0 Å². The van der Waals surface area contributed by atoms with Gasteiger partial charge in [-0.25, -0.2) is 9.67 Å². The molecule has 3 heterocycles. The predicted molar refractivity (Wildman–Crippen MR) is 92.0 cm³/mol.